The average Bonchev–Trinajstić information content (AvgIpc) is 2.83. The fraction of sp³-hybridized carbons (Fsp3) is 0.481. The fourth-order valence-electron chi connectivity index (χ4n) is 4.67. The molecular formula is C27H36ClN3O4S. The fourth-order valence-corrected chi connectivity index (χ4v) is 5.71. The molecule has 0 bridgehead atoms. The number of amides is 2. The third-order valence-electron chi connectivity index (χ3n) is 6.60. The van der Waals surface area contributed by atoms with Crippen molar-refractivity contribution < 1.29 is 18.0 Å². The van der Waals surface area contributed by atoms with Crippen molar-refractivity contribution in [1.82, 2.24) is 10.2 Å². The Labute approximate surface area is 219 Å². The predicted octanol–water partition coefficient (Wildman–Crippen LogP) is 4.67. The maximum atomic E-state index is 13.8. The van der Waals surface area contributed by atoms with E-state index < -0.39 is 28.5 Å². The van der Waals surface area contributed by atoms with Crippen LogP contribution in [0.1, 0.15) is 56.6 Å². The summed E-state index contributed by atoms with van der Waals surface area (Å²) in [5.41, 5.74) is 1.97. The van der Waals surface area contributed by atoms with Gasteiger partial charge < -0.3 is 10.2 Å². The highest BCUT2D eigenvalue weighted by Gasteiger charge is 2.33. The first kappa shape index (κ1) is 28.0. The zero-order valence-corrected chi connectivity index (χ0v) is 22.8. The molecule has 196 valence electrons. The van der Waals surface area contributed by atoms with Gasteiger partial charge in [-0.1, -0.05) is 68.1 Å². The molecule has 0 aliphatic heterocycles. The summed E-state index contributed by atoms with van der Waals surface area (Å²) in [6.45, 7) is 3.39. The quantitative estimate of drug-likeness (QED) is 0.481. The minimum absolute atomic E-state index is 0.0948. The summed E-state index contributed by atoms with van der Waals surface area (Å²) in [5.74, 6) is -0.682. The molecule has 1 aliphatic carbocycles. The Morgan fingerprint density at radius 3 is 2.39 bits per heavy atom. The van der Waals surface area contributed by atoms with Crippen molar-refractivity contribution in [3.05, 3.63) is 64.7 Å². The van der Waals surface area contributed by atoms with Crippen LogP contribution in [0.2, 0.25) is 5.02 Å². The highest BCUT2D eigenvalue weighted by atomic mass is 35.5. The van der Waals surface area contributed by atoms with Gasteiger partial charge in [0.2, 0.25) is 21.8 Å². The van der Waals surface area contributed by atoms with Crippen molar-refractivity contribution in [2.24, 2.45) is 0 Å². The zero-order valence-electron chi connectivity index (χ0n) is 21.2. The van der Waals surface area contributed by atoms with E-state index in [4.69, 9.17) is 11.6 Å². The molecule has 1 saturated carbocycles. The maximum Gasteiger partial charge on any atom is 0.244 e. The second-order valence-corrected chi connectivity index (χ2v) is 11.8. The van der Waals surface area contributed by atoms with E-state index >= 15 is 0 Å². The number of halogens is 1. The van der Waals surface area contributed by atoms with Gasteiger partial charge in [-0.05, 0) is 55.5 Å². The summed E-state index contributed by atoms with van der Waals surface area (Å²) in [4.78, 5) is 28.6. The molecule has 2 aromatic rings. The lowest BCUT2D eigenvalue weighted by Gasteiger charge is -2.34. The molecule has 9 heteroatoms. The predicted molar refractivity (Wildman–Crippen MR) is 144 cm³/mol. The SMILES string of the molecule is CCC(C(=O)NC1CCCCC1)N(Cc1ccccc1Cl)C(=O)CN(c1cccc(C)c1)S(C)(=O)=O. The van der Waals surface area contributed by atoms with Crippen molar-refractivity contribution in [3.63, 3.8) is 0 Å². The first-order valence-corrected chi connectivity index (χ1v) is 14.7. The van der Waals surface area contributed by atoms with Gasteiger partial charge in [0.15, 0.2) is 0 Å². The summed E-state index contributed by atoms with van der Waals surface area (Å²) in [6.07, 6.45) is 6.63. The van der Waals surface area contributed by atoms with Crippen LogP contribution in [0.4, 0.5) is 5.69 Å². The molecule has 0 radical (unpaired) electrons. The Bertz CT molecular complexity index is 1170. The third-order valence-corrected chi connectivity index (χ3v) is 8.11. The lowest BCUT2D eigenvalue weighted by molar-refractivity contribution is -0.140. The smallest absolute Gasteiger partial charge is 0.244 e. The summed E-state index contributed by atoms with van der Waals surface area (Å²) in [7, 11) is -3.76. The summed E-state index contributed by atoms with van der Waals surface area (Å²) >= 11 is 6.40. The van der Waals surface area contributed by atoms with Gasteiger partial charge in [-0.2, -0.15) is 0 Å². The van der Waals surface area contributed by atoms with E-state index in [0.29, 0.717) is 22.7 Å². The van der Waals surface area contributed by atoms with Gasteiger partial charge in [-0.3, -0.25) is 13.9 Å². The van der Waals surface area contributed by atoms with Crippen LogP contribution < -0.4 is 9.62 Å². The molecule has 36 heavy (non-hydrogen) atoms. The third kappa shape index (κ3) is 7.46. The largest absolute Gasteiger partial charge is 0.352 e. The normalized spacial score (nSPS) is 15.2. The number of carbonyl (C=O) groups is 2. The highest BCUT2D eigenvalue weighted by molar-refractivity contribution is 7.92. The Balaban J connectivity index is 1.92. The number of aryl methyl sites for hydroxylation is 1. The Morgan fingerprint density at radius 2 is 1.78 bits per heavy atom. The molecular weight excluding hydrogens is 498 g/mol. The molecule has 3 rings (SSSR count). The number of hydrogen-bond acceptors (Lipinski definition) is 4. The summed E-state index contributed by atoms with van der Waals surface area (Å²) < 4.78 is 26.5. The van der Waals surface area contributed by atoms with Crippen LogP contribution in [-0.4, -0.2) is 50.0 Å². The van der Waals surface area contributed by atoms with Crippen molar-refractivity contribution in [2.45, 2.75) is 71.0 Å². The van der Waals surface area contributed by atoms with Gasteiger partial charge in [0.05, 0.1) is 11.9 Å². The molecule has 7 nitrogen and oxygen atoms in total. The Hall–Kier alpha value is -2.58. The minimum Gasteiger partial charge on any atom is -0.352 e. The van der Waals surface area contributed by atoms with Gasteiger partial charge in [0.1, 0.15) is 12.6 Å². The van der Waals surface area contributed by atoms with Crippen molar-refractivity contribution in [1.29, 1.82) is 0 Å². The highest BCUT2D eigenvalue weighted by Crippen LogP contribution is 2.24. The number of nitrogens with zero attached hydrogens (tertiary/aromatic N) is 2. The van der Waals surface area contributed by atoms with E-state index in [1.165, 1.54) is 11.3 Å². The van der Waals surface area contributed by atoms with E-state index in [0.717, 1.165) is 41.8 Å². The van der Waals surface area contributed by atoms with Crippen LogP contribution in [0, 0.1) is 6.92 Å². The topological polar surface area (TPSA) is 86.8 Å². The molecule has 1 aliphatic rings. The molecule has 0 spiro atoms. The number of nitrogens with one attached hydrogen (secondary N) is 1. The monoisotopic (exact) mass is 533 g/mol. The molecule has 0 aromatic heterocycles. The van der Waals surface area contributed by atoms with Crippen LogP contribution in [0.5, 0.6) is 0 Å². The van der Waals surface area contributed by atoms with E-state index in [2.05, 4.69) is 5.32 Å². The molecule has 2 amide bonds. The minimum atomic E-state index is -3.76. The lowest BCUT2D eigenvalue weighted by atomic mass is 9.95. The van der Waals surface area contributed by atoms with Gasteiger partial charge in [-0.25, -0.2) is 8.42 Å². The standard InChI is InChI=1S/C27H36ClN3O4S/c1-4-25(27(33)29-22-13-6-5-7-14-22)30(18-21-12-8-9-16-24(21)28)26(32)19-31(36(3,34)35)23-15-10-11-20(2)17-23/h8-12,15-17,22,25H,4-7,13-14,18-19H2,1-3H3,(H,29,33). The van der Waals surface area contributed by atoms with Crippen LogP contribution >= 0.6 is 11.6 Å². The first-order valence-electron chi connectivity index (χ1n) is 12.5. The van der Waals surface area contributed by atoms with Crippen molar-refractivity contribution >= 4 is 39.1 Å². The number of hydrogen-bond donors (Lipinski definition) is 1. The summed E-state index contributed by atoms with van der Waals surface area (Å²) in [6, 6.07) is 13.5. The lowest BCUT2D eigenvalue weighted by Crippen LogP contribution is -2.54. The van der Waals surface area contributed by atoms with E-state index in [9.17, 15) is 18.0 Å². The van der Waals surface area contributed by atoms with E-state index in [-0.39, 0.29) is 18.5 Å². The second kappa shape index (κ2) is 12.6. The number of rotatable bonds is 10. The first-order chi connectivity index (χ1) is 17.1. The van der Waals surface area contributed by atoms with Crippen LogP contribution in [0.15, 0.2) is 48.5 Å². The number of carbonyl (C=O) groups excluding carboxylic acids is 2. The molecule has 0 saturated heterocycles. The molecule has 0 heterocycles. The number of sulfonamides is 1. The van der Waals surface area contributed by atoms with Gasteiger partial charge in [0.25, 0.3) is 0 Å². The number of anilines is 1. The molecule has 1 fully saturated rings. The van der Waals surface area contributed by atoms with E-state index in [1.54, 1.807) is 30.3 Å². The molecule has 2 aromatic carbocycles. The molecule has 1 unspecified atom stereocenters. The van der Waals surface area contributed by atoms with Crippen molar-refractivity contribution in [3.8, 4) is 0 Å². The summed E-state index contributed by atoms with van der Waals surface area (Å²) in [5, 5.41) is 3.61. The average molecular weight is 534 g/mol. The van der Waals surface area contributed by atoms with Crippen LogP contribution in [0.3, 0.4) is 0 Å². The van der Waals surface area contributed by atoms with Crippen molar-refractivity contribution in [2.75, 3.05) is 17.1 Å². The number of benzene rings is 2. The zero-order chi connectivity index (χ0) is 26.3. The molecule has 1 N–H and O–H groups in total. The van der Waals surface area contributed by atoms with Gasteiger partial charge in [0, 0.05) is 17.6 Å². The maximum absolute atomic E-state index is 13.8. The van der Waals surface area contributed by atoms with Gasteiger partial charge >= 0.3 is 0 Å². The van der Waals surface area contributed by atoms with Crippen LogP contribution in [0.25, 0.3) is 0 Å². The second-order valence-electron chi connectivity index (χ2n) is 9.49. The van der Waals surface area contributed by atoms with E-state index in [1.807, 2.05) is 32.0 Å². The molecule has 1 atom stereocenters. The van der Waals surface area contributed by atoms with Crippen LogP contribution in [-0.2, 0) is 26.2 Å². The Morgan fingerprint density at radius 1 is 1.08 bits per heavy atom. The van der Waals surface area contributed by atoms with Gasteiger partial charge in [-0.15, -0.1) is 0 Å². The Kier molecular flexibility index (Phi) is 9.79.